The second-order valence-corrected chi connectivity index (χ2v) is 4.53. The molecular formula is C17H16N2O3. The summed E-state index contributed by atoms with van der Waals surface area (Å²) in [6.07, 6.45) is 1.67. The van der Waals surface area contributed by atoms with E-state index in [0.717, 1.165) is 5.56 Å². The van der Waals surface area contributed by atoms with E-state index in [0.29, 0.717) is 11.1 Å². The van der Waals surface area contributed by atoms with Gasteiger partial charge in [-0.05, 0) is 11.6 Å². The monoisotopic (exact) mass is 296 g/mol. The molecule has 0 aliphatic carbocycles. The summed E-state index contributed by atoms with van der Waals surface area (Å²) in [5.74, 6) is -0.671. The zero-order valence-corrected chi connectivity index (χ0v) is 12.2. The molecule has 0 heterocycles. The maximum atomic E-state index is 11.8. The Morgan fingerprint density at radius 2 is 1.77 bits per heavy atom. The van der Waals surface area contributed by atoms with E-state index in [1.807, 2.05) is 30.3 Å². The van der Waals surface area contributed by atoms with Crippen molar-refractivity contribution in [3.05, 3.63) is 71.3 Å². The number of hydrazone groups is 1. The zero-order chi connectivity index (χ0) is 15.8. The quantitative estimate of drug-likeness (QED) is 0.522. The molecule has 2 rings (SSSR count). The smallest absolute Gasteiger partial charge is 0.338 e. The largest absolute Gasteiger partial charge is 0.465 e. The van der Waals surface area contributed by atoms with Gasteiger partial charge in [0.25, 0.3) is 0 Å². The van der Waals surface area contributed by atoms with Gasteiger partial charge in [-0.3, -0.25) is 4.79 Å². The van der Waals surface area contributed by atoms with Gasteiger partial charge in [0.2, 0.25) is 5.91 Å². The fraction of sp³-hybridized carbons (Fsp3) is 0.118. The molecule has 0 unspecified atom stereocenters. The third kappa shape index (κ3) is 4.28. The molecule has 0 spiro atoms. The van der Waals surface area contributed by atoms with Crippen LogP contribution >= 0.6 is 0 Å². The lowest BCUT2D eigenvalue weighted by molar-refractivity contribution is -0.120. The number of carbonyl (C=O) groups is 2. The van der Waals surface area contributed by atoms with Gasteiger partial charge in [0.05, 0.1) is 25.3 Å². The number of esters is 1. The van der Waals surface area contributed by atoms with E-state index in [1.54, 1.807) is 24.3 Å². The standard InChI is InChI=1S/C17H16N2O3/c1-22-17(21)15-10-6-5-9-14(15)12-18-19-16(20)11-13-7-3-2-4-8-13/h2-10,12H,11H2,1H3,(H,19,20)/b18-12+. The highest BCUT2D eigenvalue weighted by Crippen LogP contribution is 2.07. The highest BCUT2D eigenvalue weighted by Gasteiger charge is 2.09. The first-order chi connectivity index (χ1) is 10.7. The van der Waals surface area contributed by atoms with Gasteiger partial charge < -0.3 is 4.74 Å². The van der Waals surface area contributed by atoms with E-state index in [2.05, 4.69) is 10.5 Å². The SMILES string of the molecule is COC(=O)c1ccccc1/C=N/NC(=O)Cc1ccccc1. The minimum Gasteiger partial charge on any atom is -0.465 e. The number of nitrogens with zero attached hydrogens (tertiary/aromatic N) is 1. The van der Waals surface area contributed by atoms with Crippen LogP contribution in [-0.4, -0.2) is 25.2 Å². The summed E-state index contributed by atoms with van der Waals surface area (Å²) in [4.78, 5) is 23.4. The Hall–Kier alpha value is -2.95. The molecule has 1 amide bonds. The molecule has 112 valence electrons. The Balaban J connectivity index is 1.98. The van der Waals surface area contributed by atoms with Gasteiger partial charge >= 0.3 is 5.97 Å². The second-order valence-electron chi connectivity index (χ2n) is 4.53. The molecular weight excluding hydrogens is 280 g/mol. The maximum Gasteiger partial charge on any atom is 0.338 e. The number of rotatable bonds is 5. The third-order valence-corrected chi connectivity index (χ3v) is 2.97. The molecule has 0 fully saturated rings. The number of benzene rings is 2. The molecule has 0 aliphatic rings. The summed E-state index contributed by atoms with van der Waals surface area (Å²) in [5.41, 5.74) is 4.32. The van der Waals surface area contributed by atoms with Crippen molar-refractivity contribution in [2.24, 2.45) is 5.10 Å². The molecule has 0 atom stereocenters. The predicted molar refractivity (Wildman–Crippen MR) is 83.7 cm³/mol. The van der Waals surface area contributed by atoms with Crippen LogP contribution in [0.25, 0.3) is 0 Å². The molecule has 0 aromatic heterocycles. The number of methoxy groups -OCH3 is 1. The highest BCUT2D eigenvalue weighted by molar-refractivity contribution is 5.99. The number of amides is 1. The van der Waals surface area contributed by atoms with Crippen molar-refractivity contribution in [3.8, 4) is 0 Å². The first-order valence-corrected chi connectivity index (χ1v) is 6.74. The van der Waals surface area contributed by atoms with Crippen molar-refractivity contribution in [3.63, 3.8) is 0 Å². The van der Waals surface area contributed by atoms with Crippen LogP contribution in [0, 0.1) is 0 Å². The predicted octanol–water partition coefficient (Wildman–Crippen LogP) is 2.17. The van der Waals surface area contributed by atoms with Crippen molar-refractivity contribution in [1.29, 1.82) is 0 Å². The molecule has 0 aliphatic heterocycles. The van der Waals surface area contributed by atoms with Crippen LogP contribution in [0.2, 0.25) is 0 Å². The van der Waals surface area contributed by atoms with Gasteiger partial charge in [-0.1, -0.05) is 48.5 Å². The fourth-order valence-electron chi connectivity index (χ4n) is 1.90. The summed E-state index contributed by atoms with van der Waals surface area (Å²) in [5, 5.41) is 3.88. The van der Waals surface area contributed by atoms with Crippen LogP contribution in [-0.2, 0) is 16.0 Å². The van der Waals surface area contributed by atoms with E-state index < -0.39 is 5.97 Å². The van der Waals surface area contributed by atoms with Gasteiger partial charge in [-0.25, -0.2) is 10.2 Å². The Morgan fingerprint density at radius 1 is 1.09 bits per heavy atom. The minimum atomic E-state index is -0.447. The molecule has 0 saturated heterocycles. The van der Waals surface area contributed by atoms with Crippen LogP contribution in [0.1, 0.15) is 21.5 Å². The normalized spacial score (nSPS) is 10.4. The average Bonchev–Trinajstić information content (AvgIpc) is 2.55. The number of nitrogens with one attached hydrogen (secondary N) is 1. The summed E-state index contributed by atoms with van der Waals surface area (Å²) < 4.78 is 4.70. The second kappa shape index (κ2) is 7.73. The van der Waals surface area contributed by atoms with Crippen molar-refractivity contribution >= 4 is 18.1 Å². The highest BCUT2D eigenvalue weighted by atomic mass is 16.5. The van der Waals surface area contributed by atoms with Crippen LogP contribution < -0.4 is 5.43 Å². The van der Waals surface area contributed by atoms with E-state index in [-0.39, 0.29) is 12.3 Å². The van der Waals surface area contributed by atoms with Crippen LogP contribution in [0.15, 0.2) is 59.7 Å². The van der Waals surface area contributed by atoms with Gasteiger partial charge in [-0.15, -0.1) is 0 Å². The summed E-state index contributed by atoms with van der Waals surface area (Å²) in [6.45, 7) is 0. The van der Waals surface area contributed by atoms with E-state index in [4.69, 9.17) is 4.74 Å². The number of carbonyl (C=O) groups excluding carboxylic acids is 2. The van der Waals surface area contributed by atoms with Gasteiger partial charge in [-0.2, -0.15) is 5.10 Å². The van der Waals surface area contributed by atoms with Crippen molar-refractivity contribution in [1.82, 2.24) is 5.43 Å². The average molecular weight is 296 g/mol. The van der Waals surface area contributed by atoms with Crippen LogP contribution in [0.4, 0.5) is 0 Å². The third-order valence-electron chi connectivity index (χ3n) is 2.97. The molecule has 0 saturated carbocycles. The Labute approximate surface area is 128 Å². The van der Waals surface area contributed by atoms with E-state index in [9.17, 15) is 9.59 Å². The van der Waals surface area contributed by atoms with Gasteiger partial charge in [0.1, 0.15) is 0 Å². The van der Waals surface area contributed by atoms with Crippen LogP contribution in [0.5, 0.6) is 0 Å². The lowest BCUT2D eigenvalue weighted by atomic mass is 10.1. The van der Waals surface area contributed by atoms with Crippen molar-refractivity contribution < 1.29 is 14.3 Å². The summed E-state index contributed by atoms with van der Waals surface area (Å²) in [6, 6.07) is 16.3. The van der Waals surface area contributed by atoms with Gasteiger partial charge in [0.15, 0.2) is 0 Å². The molecule has 2 aromatic carbocycles. The number of hydrogen-bond acceptors (Lipinski definition) is 4. The molecule has 5 heteroatoms. The van der Waals surface area contributed by atoms with Gasteiger partial charge in [0, 0.05) is 5.56 Å². The summed E-state index contributed by atoms with van der Waals surface area (Å²) >= 11 is 0. The molecule has 5 nitrogen and oxygen atoms in total. The Bertz CT molecular complexity index is 681. The van der Waals surface area contributed by atoms with Crippen LogP contribution in [0.3, 0.4) is 0 Å². The zero-order valence-electron chi connectivity index (χ0n) is 12.2. The molecule has 0 bridgehead atoms. The Kier molecular flexibility index (Phi) is 5.43. The Morgan fingerprint density at radius 3 is 2.50 bits per heavy atom. The molecule has 2 aromatic rings. The minimum absolute atomic E-state index is 0.224. The molecule has 1 N–H and O–H groups in total. The summed E-state index contributed by atoms with van der Waals surface area (Å²) in [7, 11) is 1.32. The first-order valence-electron chi connectivity index (χ1n) is 6.74. The number of ether oxygens (including phenoxy) is 1. The van der Waals surface area contributed by atoms with E-state index in [1.165, 1.54) is 13.3 Å². The molecule has 22 heavy (non-hydrogen) atoms. The van der Waals surface area contributed by atoms with Crippen molar-refractivity contribution in [2.75, 3.05) is 7.11 Å². The fourth-order valence-corrected chi connectivity index (χ4v) is 1.90. The lowest BCUT2D eigenvalue weighted by Gasteiger charge is -2.03. The maximum absolute atomic E-state index is 11.8. The first kappa shape index (κ1) is 15.4. The van der Waals surface area contributed by atoms with E-state index >= 15 is 0 Å². The topological polar surface area (TPSA) is 67.8 Å². The number of hydrogen-bond donors (Lipinski definition) is 1. The van der Waals surface area contributed by atoms with Crippen molar-refractivity contribution in [2.45, 2.75) is 6.42 Å². The lowest BCUT2D eigenvalue weighted by Crippen LogP contribution is -2.20. The molecule has 0 radical (unpaired) electrons.